The number of anilines is 2. The van der Waals surface area contributed by atoms with Crippen molar-refractivity contribution in [1.29, 1.82) is 0 Å². The highest BCUT2D eigenvalue weighted by Crippen LogP contribution is 2.24. The zero-order chi connectivity index (χ0) is 15.4. The smallest absolute Gasteiger partial charge is 0.223 e. The van der Waals surface area contributed by atoms with Gasteiger partial charge in [-0.3, -0.25) is 0 Å². The molecule has 3 rings (SSSR count). The molecule has 0 amide bonds. The normalized spacial score (nSPS) is 20.6. The molecule has 0 radical (unpaired) electrons. The molecule has 0 bridgehead atoms. The van der Waals surface area contributed by atoms with E-state index >= 15 is 0 Å². The van der Waals surface area contributed by atoms with E-state index in [-0.39, 0.29) is 0 Å². The molecule has 2 atom stereocenters. The van der Waals surface area contributed by atoms with Gasteiger partial charge in [0, 0.05) is 21.9 Å². The van der Waals surface area contributed by atoms with Crippen molar-refractivity contribution in [3.8, 4) is 5.75 Å². The Morgan fingerprint density at radius 2 is 1.77 bits per heavy atom. The number of hydrogen-bond donors (Lipinski definition) is 2. The number of ether oxygens (including phenoxy) is 1. The van der Waals surface area contributed by atoms with Crippen LogP contribution in [0.2, 0.25) is 0 Å². The molecule has 1 aliphatic carbocycles. The summed E-state index contributed by atoms with van der Waals surface area (Å²) in [4.78, 5) is 12.9. The SMILES string of the molecule is COc1cnc(N[C@H]2CC[C@H](Nc3ccc(I)cn3)C2)nc1. The van der Waals surface area contributed by atoms with Gasteiger partial charge in [0.1, 0.15) is 5.82 Å². The van der Waals surface area contributed by atoms with Crippen LogP contribution in [0.1, 0.15) is 19.3 Å². The van der Waals surface area contributed by atoms with Gasteiger partial charge in [-0.2, -0.15) is 0 Å². The Balaban J connectivity index is 1.52. The van der Waals surface area contributed by atoms with Crippen molar-refractivity contribution < 1.29 is 4.74 Å². The highest BCUT2D eigenvalue weighted by molar-refractivity contribution is 14.1. The first-order valence-electron chi connectivity index (χ1n) is 7.23. The third-order valence-corrected chi connectivity index (χ3v) is 4.35. The number of pyridine rings is 1. The molecule has 2 aromatic rings. The van der Waals surface area contributed by atoms with Crippen LogP contribution < -0.4 is 15.4 Å². The van der Waals surface area contributed by atoms with Gasteiger partial charge in [-0.15, -0.1) is 0 Å². The van der Waals surface area contributed by atoms with Gasteiger partial charge >= 0.3 is 0 Å². The summed E-state index contributed by atoms with van der Waals surface area (Å²) in [6, 6.07) is 4.90. The largest absolute Gasteiger partial charge is 0.494 e. The van der Waals surface area contributed by atoms with Crippen LogP contribution in [0.5, 0.6) is 5.75 Å². The summed E-state index contributed by atoms with van der Waals surface area (Å²) in [5.41, 5.74) is 0. The molecule has 2 aromatic heterocycles. The summed E-state index contributed by atoms with van der Waals surface area (Å²) in [5, 5.41) is 6.86. The summed E-state index contributed by atoms with van der Waals surface area (Å²) in [6.45, 7) is 0. The van der Waals surface area contributed by atoms with Crippen molar-refractivity contribution in [1.82, 2.24) is 15.0 Å². The summed E-state index contributed by atoms with van der Waals surface area (Å²) in [7, 11) is 1.61. The highest BCUT2D eigenvalue weighted by atomic mass is 127. The molecule has 6 nitrogen and oxygen atoms in total. The predicted octanol–water partition coefficient (Wildman–Crippen LogP) is 2.93. The van der Waals surface area contributed by atoms with Crippen LogP contribution in [0.3, 0.4) is 0 Å². The number of halogens is 1. The molecule has 2 N–H and O–H groups in total. The fourth-order valence-electron chi connectivity index (χ4n) is 2.59. The van der Waals surface area contributed by atoms with E-state index < -0.39 is 0 Å². The van der Waals surface area contributed by atoms with Crippen LogP contribution >= 0.6 is 22.6 Å². The lowest BCUT2D eigenvalue weighted by molar-refractivity contribution is 0.411. The maximum Gasteiger partial charge on any atom is 0.223 e. The van der Waals surface area contributed by atoms with E-state index in [0.717, 1.165) is 28.7 Å². The second-order valence-corrected chi connectivity index (χ2v) is 6.55. The van der Waals surface area contributed by atoms with E-state index in [1.165, 1.54) is 0 Å². The zero-order valence-corrected chi connectivity index (χ0v) is 14.4. The van der Waals surface area contributed by atoms with Gasteiger partial charge in [0.25, 0.3) is 0 Å². The van der Waals surface area contributed by atoms with Crippen molar-refractivity contribution in [2.75, 3.05) is 17.7 Å². The van der Waals surface area contributed by atoms with Crippen molar-refractivity contribution in [3.05, 3.63) is 34.3 Å². The molecule has 1 fully saturated rings. The average Bonchev–Trinajstić information content (AvgIpc) is 2.97. The molecular formula is C15H18IN5O. The predicted molar refractivity (Wildman–Crippen MR) is 94.2 cm³/mol. The maximum atomic E-state index is 5.06. The summed E-state index contributed by atoms with van der Waals surface area (Å²) >= 11 is 2.26. The highest BCUT2D eigenvalue weighted by Gasteiger charge is 2.25. The Morgan fingerprint density at radius 3 is 2.41 bits per heavy atom. The Labute approximate surface area is 143 Å². The first-order valence-corrected chi connectivity index (χ1v) is 8.31. The van der Waals surface area contributed by atoms with Gasteiger partial charge in [0.2, 0.25) is 5.95 Å². The molecule has 0 spiro atoms. The number of methoxy groups -OCH3 is 1. The fraction of sp³-hybridized carbons (Fsp3) is 0.400. The Bertz CT molecular complexity index is 604. The molecule has 22 heavy (non-hydrogen) atoms. The van der Waals surface area contributed by atoms with Crippen LogP contribution in [0, 0.1) is 3.57 Å². The standard InChI is InChI=1S/C15H18IN5O/c1-22-13-8-18-15(19-9-13)21-12-4-3-11(6-12)20-14-5-2-10(16)7-17-14/h2,5,7-9,11-12H,3-4,6H2,1H3,(H,17,20)(H,18,19,21)/t11-,12-/m0/s1. The van der Waals surface area contributed by atoms with E-state index in [1.54, 1.807) is 19.5 Å². The minimum atomic E-state index is 0.384. The second-order valence-electron chi connectivity index (χ2n) is 5.30. The number of hydrogen-bond acceptors (Lipinski definition) is 6. The third-order valence-electron chi connectivity index (χ3n) is 3.71. The monoisotopic (exact) mass is 411 g/mol. The van der Waals surface area contributed by atoms with Crippen LogP contribution in [0.4, 0.5) is 11.8 Å². The van der Waals surface area contributed by atoms with Gasteiger partial charge in [0.05, 0.1) is 19.5 Å². The molecule has 1 saturated carbocycles. The van der Waals surface area contributed by atoms with E-state index in [2.05, 4.69) is 54.2 Å². The lowest BCUT2D eigenvalue weighted by Gasteiger charge is -2.15. The Hall–Kier alpha value is -1.64. The van der Waals surface area contributed by atoms with Gasteiger partial charge < -0.3 is 15.4 Å². The Kier molecular flexibility index (Phi) is 4.91. The number of rotatable bonds is 5. The van der Waals surface area contributed by atoms with Crippen molar-refractivity contribution >= 4 is 34.4 Å². The fourth-order valence-corrected chi connectivity index (χ4v) is 2.91. The molecular weight excluding hydrogens is 393 g/mol. The maximum absolute atomic E-state index is 5.06. The quantitative estimate of drug-likeness (QED) is 0.738. The zero-order valence-electron chi connectivity index (χ0n) is 12.3. The van der Waals surface area contributed by atoms with E-state index in [9.17, 15) is 0 Å². The number of nitrogens with one attached hydrogen (secondary N) is 2. The Morgan fingerprint density at radius 1 is 1.05 bits per heavy atom. The second kappa shape index (κ2) is 7.08. The molecule has 7 heteroatoms. The number of nitrogens with zero attached hydrogens (tertiary/aromatic N) is 3. The lowest BCUT2D eigenvalue weighted by Crippen LogP contribution is -2.22. The molecule has 0 saturated heterocycles. The van der Waals surface area contributed by atoms with Gasteiger partial charge in [-0.05, 0) is 54.0 Å². The molecule has 116 valence electrons. The minimum Gasteiger partial charge on any atom is -0.494 e. The van der Waals surface area contributed by atoms with Crippen LogP contribution in [0.25, 0.3) is 0 Å². The van der Waals surface area contributed by atoms with Crippen LogP contribution in [0.15, 0.2) is 30.7 Å². The molecule has 0 unspecified atom stereocenters. The van der Waals surface area contributed by atoms with Crippen LogP contribution in [-0.2, 0) is 0 Å². The lowest BCUT2D eigenvalue weighted by atomic mass is 10.2. The minimum absolute atomic E-state index is 0.384. The van der Waals surface area contributed by atoms with E-state index in [1.807, 2.05) is 12.3 Å². The van der Waals surface area contributed by atoms with E-state index in [4.69, 9.17) is 4.74 Å². The summed E-state index contributed by atoms with van der Waals surface area (Å²) in [5.74, 6) is 2.26. The molecule has 0 aliphatic heterocycles. The third kappa shape index (κ3) is 3.96. The van der Waals surface area contributed by atoms with Crippen molar-refractivity contribution in [3.63, 3.8) is 0 Å². The number of aromatic nitrogens is 3. The van der Waals surface area contributed by atoms with Gasteiger partial charge in [-0.1, -0.05) is 0 Å². The van der Waals surface area contributed by atoms with Crippen LogP contribution in [-0.4, -0.2) is 34.1 Å². The van der Waals surface area contributed by atoms with E-state index in [0.29, 0.717) is 23.8 Å². The first-order chi connectivity index (χ1) is 10.7. The topological polar surface area (TPSA) is 72.0 Å². The molecule has 0 aromatic carbocycles. The van der Waals surface area contributed by atoms with Gasteiger partial charge in [-0.25, -0.2) is 15.0 Å². The van der Waals surface area contributed by atoms with Crippen molar-refractivity contribution in [2.45, 2.75) is 31.3 Å². The summed E-state index contributed by atoms with van der Waals surface area (Å²) in [6.07, 6.45) is 8.46. The average molecular weight is 411 g/mol. The van der Waals surface area contributed by atoms with Crippen molar-refractivity contribution in [2.24, 2.45) is 0 Å². The molecule has 1 aliphatic rings. The first kappa shape index (κ1) is 15.3. The molecule has 2 heterocycles. The summed E-state index contributed by atoms with van der Waals surface area (Å²) < 4.78 is 6.20. The van der Waals surface area contributed by atoms with Gasteiger partial charge in [0.15, 0.2) is 5.75 Å².